The summed E-state index contributed by atoms with van der Waals surface area (Å²) < 4.78 is 0. The molecule has 1 amide bonds. The second kappa shape index (κ2) is 9.28. The zero-order valence-electron chi connectivity index (χ0n) is 17.0. The number of nitrogens with one attached hydrogen (secondary N) is 1. The average molecular weight is 427 g/mol. The molecule has 0 saturated heterocycles. The lowest BCUT2D eigenvalue weighted by molar-refractivity contribution is -0.115. The molecule has 0 fully saturated rings. The zero-order chi connectivity index (χ0) is 22.5. The quantitative estimate of drug-likeness (QED) is 0.372. The molecule has 1 unspecified atom stereocenters. The van der Waals surface area contributed by atoms with Crippen molar-refractivity contribution in [3.05, 3.63) is 102 Å². The van der Waals surface area contributed by atoms with Gasteiger partial charge in [0.05, 0.1) is 18.3 Å². The van der Waals surface area contributed by atoms with Gasteiger partial charge in [0.1, 0.15) is 23.3 Å². The highest BCUT2D eigenvalue weighted by molar-refractivity contribution is 5.92. The number of benzene rings is 3. The maximum absolute atomic E-state index is 12.6. The number of nitrogens with zero attached hydrogens (tertiary/aromatic N) is 2. The summed E-state index contributed by atoms with van der Waals surface area (Å²) in [6.07, 6.45) is 0.469. The molecule has 0 aliphatic heterocycles. The van der Waals surface area contributed by atoms with Crippen molar-refractivity contribution in [3.63, 3.8) is 0 Å². The molecule has 4 N–H and O–H groups in total. The summed E-state index contributed by atoms with van der Waals surface area (Å²) in [7, 11) is 0. The first kappa shape index (κ1) is 21.0. The predicted octanol–water partition coefficient (Wildman–Crippen LogP) is 3.82. The third kappa shape index (κ3) is 4.91. The van der Waals surface area contributed by atoms with E-state index in [1.807, 2.05) is 6.07 Å². The number of hydrogen-bond acceptors (Lipinski definition) is 6. The first-order valence-corrected chi connectivity index (χ1v) is 9.97. The number of carbonyl (C=O) groups excluding carboxylic acids is 1. The Labute approximate surface area is 184 Å². The van der Waals surface area contributed by atoms with Gasteiger partial charge in [-0.1, -0.05) is 42.5 Å². The number of hydrogen-bond donors (Lipinski definition) is 4. The summed E-state index contributed by atoms with van der Waals surface area (Å²) in [5, 5.41) is 32.7. The lowest BCUT2D eigenvalue weighted by Crippen LogP contribution is -2.19. The summed E-state index contributed by atoms with van der Waals surface area (Å²) >= 11 is 0. The number of aliphatic hydroxyl groups excluding tert-OH is 1. The van der Waals surface area contributed by atoms with Gasteiger partial charge in [-0.15, -0.1) is 0 Å². The Hall–Kier alpha value is -4.23. The number of carbonyl (C=O) groups is 1. The third-order valence-corrected chi connectivity index (χ3v) is 4.90. The third-order valence-electron chi connectivity index (χ3n) is 4.90. The van der Waals surface area contributed by atoms with E-state index in [-0.39, 0.29) is 35.3 Å². The molecular weight excluding hydrogens is 406 g/mol. The van der Waals surface area contributed by atoms with E-state index in [1.165, 1.54) is 30.5 Å². The molecule has 1 aromatic heterocycles. The molecule has 160 valence electrons. The molecule has 4 rings (SSSR count). The second-order valence-corrected chi connectivity index (χ2v) is 7.24. The van der Waals surface area contributed by atoms with Crippen molar-refractivity contribution in [2.24, 2.45) is 0 Å². The van der Waals surface area contributed by atoms with Gasteiger partial charge in [-0.2, -0.15) is 0 Å². The smallest absolute Gasteiger partial charge is 0.229 e. The van der Waals surface area contributed by atoms with Gasteiger partial charge in [0.15, 0.2) is 5.82 Å². The van der Waals surface area contributed by atoms with Crippen molar-refractivity contribution in [2.45, 2.75) is 12.5 Å². The highest BCUT2D eigenvalue weighted by Crippen LogP contribution is 2.29. The van der Waals surface area contributed by atoms with Gasteiger partial charge < -0.3 is 20.6 Å². The zero-order valence-corrected chi connectivity index (χ0v) is 17.0. The fourth-order valence-corrected chi connectivity index (χ4v) is 3.23. The summed E-state index contributed by atoms with van der Waals surface area (Å²) in [5.41, 5.74) is 2.74. The van der Waals surface area contributed by atoms with Crippen LogP contribution < -0.4 is 5.32 Å². The van der Waals surface area contributed by atoms with Crippen molar-refractivity contribution in [1.29, 1.82) is 0 Å². The van der Waals surface area contributed by atoms with Gasteiger partial charge in [0.2, 0.25) is 5.91 Å². The molecule has 3 aromatic carbocycles. The Bertz CT molecular complexity index is 1210. The molecule has 7 nitrogen and oxygen atoms in total. The molecule has 32 heavy (non-hydrogen) atoms. The van der Waals surface area contributed by atoms with Gasteiger partial charge in [-0.05, 0) is 47.5 Å². The highest BCUT2D eigenvalue weighted by atomic mass is 16.3. The number of aliphatic hydroxyl groups is 1. The molecular formula is C25H21N3O4. The van der Waals surface area contributed by atoms with Crippen molar-refractivity contribution >= 4 is 11.7 Å². The molecule has 0 spiro atoms. The number of aromatic hydroxyl groups is 2. The monoisotopic (exact) mass is 427 g/mol. The molecule has 7 heteroatoms. The first-order valence-electron chi connectivity index (χ1n) is 9.97. The number of rotatable bonds is 6. The van der Waals surface area contributed by atoms with Crippen LogP contribution in [0.3, 0.4) is 0 Å². The lowest BCUT2D eigenvalue weighted by Gasteiger charge is -2.16. The Morgan fingerprint density at radius 2 is 1.50 bits per heavy atom. The minimum absolute atomic E-state index is 0.0720. The van der Waals surface area contributed by atoms with Crippen LogP contribution in [0.1, 0.15) is 22.9 Å². The van der Waals surface area contributed by atoms with Gasteiger partial charge >= 0.3 is 0 Å². The van der Waals surface area contributed by atoms with Crippen molar-refractivity contribution in [1.82, 2.24) is 9.97 Å². The summed E-state index contributed by atoms with van der Waals surface area (Å²) in [6.45, 7) is 0. The maximum atomic E-state index is 12.6. The van der Waals surface area contributed by atoms with Crippen LogP contribution in [0.4, 0.5) is 5.82 Å². The summed E-state index contributed by atoms with van der Waals surface area (Å²) in [5.74, 6) is 0.0824. The van der Waals surface area contributed by atoms with Gasteiger partial charge in [-0.3, -0.25) is 4.79 Å². The fraction of sp³-hybridized carbons (Fsp3) is 0.0800. The first-order chi connectivity index (χ1) is 15.5. The topological polar surface area (TPSA) is 116 Å². The number of amides is 1. The van der Waals surface area contributed by atoms with Gasteiger partial charge in [-0.25, -0.2) is 9.97 Å². The van der Waals surface area contributed by atoms with E-state index in [0.29, 0.717) is 16.8 Å². The summed E-state index contributed by atoms with van der Waals surface area (Å²) in [6, 6.07) is 21.8. The Morgan fingerprint density at radius 3 is 2.16 bits per heavy atom. The molecule has 0 radical (unpaired) electrons. The average Bonchev–Trinajstić information content (AvgIpc) is 2.81. The molecule has 0 aliphatic carbocycles. The standard InChI is InChI=1S/C25H21N3O4/c29-19-10-6-16(7-11-19)14-22(31)28-25-23(24(32)18-4-2-1-3-5-18)27-21(15-26-25)17-8-12-20(30)13-9-17/h1-13,15,24,29-30,32H,14H2,(H,26,28,31). The number of phenols is 2. The Balaban J connectivity index is 1.66. The fourth-order valence-electron chi connectivity index (χ4n) is 3.23. The molecule has 1 atom stereocenters. The maximum Gasteiger partial charge on any atom is 0.229 e. The molecule has 1 heterocycles. The number of phenolic OH excluding ortho intramolecular Hbond substituents is 2. The SMILES string of the molecule is O=C(Cc1ccc(O)cc1)Nc1ncc(-c2ccc(O)cc2)nc1C(O)c1ccccc1. The molecule has 4 aromatic rings. The molecule has 0 saturated carbocycles. The minimum atomic E-state index is -1.11. The second-order valence-electron chi connectivity index (χ2n) is 7.24. The highest BCUT2D eigenvalue weighted by Gasteiger charge is 2.20. The van der Waals surface area contributed by atoms with Crippen LogP contribution in [0.5, 0.6) is 11.5 Å². The van der Waals surface area contributed by atoms with E-state index in [1.54, 1.807) is 48.5 Å². The van der Waals surface area contributed by atoms with Gasteiger partial charge in [0, 0.05) is 5.56 Å². The van der Waals surface area contributed by atoms with E-state index < -0.39 is 6.10 Å². The van der Waals surface area contributed by atoms with Crippen LogP contribution in [-0.2, 0) is 11.2 Å². The van der Waals surface area contributed by atoms with Crippen molar-refractivity contribution in [2.75, 3.05) is 5.32 Å². The Morgan fingerprint density at radius 1 is 0.875 bits per heavy atom. The van der Waals surface area contributed by atoms with E-state index in [0.717, 1.165) is 5.56 Å². The molecule has 0 aliphatic rings. The van der Waals surface area contributed by atoms with Crippen LogP contribution in [0.25, 0.3) is 11.3 Å². The number of aromatic nitrogens is 2. The summed E-state index contributed by atoms with van der Waals surface area (Å²) in [4.78, 5) is 21.6. The van der Waals surface area contributed by atoms with Crippen LogP contribution in [0.2, 0.25) is 0 Å². The lowest BCUT2D eigenvalue weighted by atomic mass is 10.1. The van der Waals surface area contributed by atoms with Crippen LogP contribution in [0, 0.1) is 0 Å². The van der Waals surface area contributed by atoms with Crippen molar-refractivity contribution < 1.29 is 20.1 Å². The number of anilines is 1. The largest absolute Gasteiger partial charge is 0.508 e. The predicted molar refractivity (Wildman–Crippen MR) is 120 cm³/mol. The van der Waals surface area contributed by atoms with Crippen LogP contribution in [0.15, 0.2) is 85.1 Å². The van der Waals surface area contributed by atoms with E-state index in [9.17, 15) is 20.1 Å². The van der Waals surface area contributed by atoms with Crippen LogP contribution in [-0.4, -0.2) is 31.2 Å². The van der Waals surface area contributed by atoms with Crippen molar-refractivity contribution in [3.8, 4) is 22.8 Å². The van der Waals surface area contributed by atoms with E-state index in [4.69, 9.17) is 0 Å². The minimum Gasteiger partial charge on any atom is -0.508 e. The van der Waals surface area contributed by atoms with E-state index >= 15 is 0 Å². The van der Waals surface area contributed by atoms with E-state index in [2.05, 4.69) is 15.3 Å². The molecule has 0 bridgehead atoms. The van der Waals surface area contributed by atoms with Gasteiger partial charge in [0.25, 0.3) is 0 Å². The van der Waals surface area contributed by atoms with Crippen LogP contribution >= 0.6 is 0 Å². The Kier molecular flexibility index (Phi) is 6.10. The normalized spacial score (nSPS) is 11.7.